The van der Waals surface area contributed by atoms with E-state index in [1.807, 2.05) is 17.8 Å². The fourth-order valence-corrected chi connectivity index (χ4v) is 6.99. The number of hydrogen-bond donors (Lipinski definition) is 1. The standard InChI is InChI=1S/C31H31Cl2FN8O.C2H3N/c1-5-25(43)40-8-6-17(7-9-40)42-30-19-10-23(33)27(26-16(2)22(32)11-24-20(26)12-35-38-24)28(34)29(19)37-31(21(30)13-36-42)41-14-18(15-41)39(3)4;1-2-3/h5,10-13,17-18H,1,6-9,14-15H2,2-4H3,(H,35,38);1H3. The molecule has 0 saturated carbocycles. The Balaban J connectivity index is 0.00000119. The zero-order chi connectivity index (χ0) is 32.9. The number of rotatable bonds is 5. The Morgan fingerprint density at radius 1 is 1.13 bits per heavy atom. The number of hydrogen-bond acceptors (Lipinski definition) is 7. The number of likely N-dealkylation sites (N-methyl/N-ethyl adjacent to an activating group) is 1. The Labute approximate surface area is 276 Å². The van der Waals surface area contributed by atoms with Crippen molar-refractivity contribution in [1.82, 2.24) is 34.8 Å². The summed E-state index contributed by atoms with van der Waals surface area (Å²) in [5.74, 6) is 0.121. The van der Waals surface area contributed by atoms with E-state index in [9.17, 15) is 4.79 Å². The molecule has 3 aromatic heterocycles. The van der Waals surface area contributed by atoms with Crippen LogP contribution in [0.15, 0.2) is 37.2 Å². The van der Waals surface area contributed by atoms with Crippen LogP contribution < -0.4 is 4.90 Å². The number of piperidine rings is 1. The van der Waals surface area contributed by atoms with Gasteiger partial charge in [0.15, 0.2) is 5.82 Å². The predicted octanol–water partition coefficient (Wildman–Crippen LogP) is 6.51. The quantitative estimate of drug-likeness (QED) is 0.214. The first-order valence-corrected chi connectivity index (χ1v) is 15.8. The molecule has 2 aromatic carbocycles. The highest BCUT2D eigenvalue weighted by atomic mass is 35.5. The number of anilines is 1. The molecule has 5 aromatic rings. The van der Waals surface area contributed by atoms with Gasteiger partial charge in [-0.25, -0.2) is 9.37 Å². The second-order valence-electron chi connectivity index (χ2n) is 11.9. The van der Waals surface area contributed by atoms with Gasteiger partial charge in [-0.15, -0.1) is 0 Å². The number of carbonyl (C=O) groups is 1. The first-order chi connectivity index (χ1) is 22.1. The highest BCUT2D eigenvalue weighted by molar-refractivity contribution is 6.36. The molecule has 0 atom stereocenters. The fourth-order valence-electron chi connectivity index (χ4n) is 6.50. The normalized spacial score (nSPS) is 15.7. The minimum absolute atomic E-state index is 0.0259. The summed E-state index contributed by atoms with van der Waals surface area (Å²) in [6, 6.07) is 5.74. The van der Waals surface area contributed by atoms with Gasteiger partial charge >= 0.3 is 0 Å². The van der Waals surface area contributed by atoms with Crippen molar-refractivity contribution in [2.75, 3.05) is 45.2 Å². The summed E-state index contributed by atoms with van der Waals surface area (Å²) in [6.07, 6.45) is 6.28. The lowest BCUT2D eigenvalue weighted by Gasteiger charge is -2.43. The number of nitriles is 1. The summed E-state index contributed by atoms with van der Waals surface area (Å²) in [6.45, 7) is 9.65. The van der Waals surface area contributed by atoms with E-state index in [0.717, 1.165) is 42.2 Å². The molecule has 0 spiro atoms. The number of halogens is 3. The van der Waals surface area contributed by atoms with Crippen molar-refractivity contribution in [1.29, 1.82) is 5.26 Å². The van der Waals surface area contributed by atoms with E-state index in [4.69, 9.17) is 38.5 Å². The van der Waals surface area contributed by atoms with Crippen LogP contribution in [0.3, 0.4) is 0 Å². The van der Waals surface area contributed by atoms with Crippen molar-refractivity contribution in [3.8, 4) is 17.2 Å². The average Bonchev–Trinajstić information content (AvgIpc) is 3.66. The summed E-state index contributed by atoms with van der Waals surface area (Å²) in [4.78, 5) is 23.3. The third-order valence-electron chi connectivity index (χ3n) is 9.08. The molecule has 13 heteroatoms. The lowest BCUT2D eigenvalue weighted by molar-refractivity contribution is -0.127. The van der Waals surface area contributed by atoms with Gasteiger partial charge in [0.2, 0.25) is 5.91 Å². The minimum Gasteiger partial charge on any atom is -0.353 e. The summed E-state index contributed by atoms with van der Waals surface area (Å²) >= 11 is 13.5. The topological polar surface area (TPSA) is 110 Å². The predicted molar refractivity (Wildman–Crippen MR) is 181 cm³/mol. The summed E-state index contributed by atoms with van der Waals surface area (Å²) < 4.78 is 19.0. The van der Waals surface area contributed by atoms with Crippen LogP contribution >= 0.6 is 23.2 Å². The van der Waals surface area contributed by atoms with Gasteiger partial charge in [0, 0.05) is 66.1 Å². The van der Waals surface area contributed by atoms with Crippen LogP contribution in [0.25, 0.3) is 43.8 Å². The summed E-state index contributed by atoms with van der Waals surface area (Å²) in [5, 5.41) is 22.2. The molecule has 0 bridgehead atoms. The molecule has 5 heterocycles. The van der Waals surface area contributed by atoms with Gasteiger partial charge in [-0.05, 0) is 57.6 Å². The van der Waals surface area contributed by atoms with Crippen LogP contribution in [-0.4, -0.2) is 87.0 Å². The van der Waals surface area contributed by atoms with Crippen LogP contribution in [0.2, 0.25) is 10.0 Å². The highest BCUT2D eigenvalue weighted by Gasteiger charge is 2.34. The lowest BCUT2D eigenvalue weighted by atomic mass is 9.94. The van der Waals surface area contributed by atoms with Crippen LogP contribution in [0.5, 0.6) is 0 Å². The summed E-state index contributed by atoms with van der Waals surface area (Å²) in [7, 11) is 4.12. The number of carbonyl (C=O) groups excluding carboxylic acids is 1. The number of benzene rings is 2. The van der Waals surface area contributed by atoms with Crippen LogP contribution in [0.4, 0.5) is 10.2 Å². The molecule has 10 nitrogen and oxygen atoms in total. The molecule has 1 N–H and O–H groups in total. The molecule has 2 aliphatic heterocycles. The van der Waals surface area contributed by atoms with Crippen molar-refractivity contribution < 1.29 is 9.18 Å². The molecular formula is C33H34Cl2FN9O. The Morgan fingerprint density at radius 2 is 1.83 bits per heavy atom. The maximum absolute atomic E-state index is 17.0. The van der Waals surface area contributed by atoms with Crippen molar-refractivity contribution in [3.63, 3.8) is 0 Å². The fraction of sp³-hybridized carbons (Fsp3) is 0.364. The molecule has 2 aliphatic rings. The number of aromatic amines is 1. The second kappa shape index (κ2) is 12.5. The number of nitrogens with zero attached hydrogens (tertiary/aromatic N) is 8. The SMILES string of the molecule is C=CC(=O)N1CCC(n2ncc3c(N4CC(N(C)C)C4)nc4c(F)c(-c5c(C)c(Cl)cc6[nH]ncc56)c(Cl)cc4c32)CC1.CC#N. The van der Waals surface area contributed by atoms with Gasteiger partial charge in [0.1, 0.15) is 11.3 Å². The van der Waals surface area contributed by atoms with E-state index >= 15 is 4.39 Å². The van der Waals surface area contributed by atoms with Crippen molar-refractivity contribution >= 4 is 67.6 Å². The van der Waals surface area contributed by atoms with E-state index in [2.05, 4.69) is 40.7 Å². The van der Waals surface area contributed by atoms with E-state index < -0.39 is 5.82 Å². The molecule has 238 valence electrons. The van der Waals surface area contributed by atoms with Crippen molar-refractivity contribution in [2.24, 2.45) is 0 Å². The smallest absolute Gasteiger partial charge is 0.245 e. The number of aromatic nitrogens is 5. The monoisotopic (exact) mass is 661 g/mol. The molecule has 0 unspecified atom stereocenters. The van der Waals surface area contributed by atoms with Gasteiger partial charge < -0.3 is 14.7 Å². The van der Waals surface area contributed by atoms with E-state index in [1.54, 1.807) is 29.3 Å². The Morgan fingerprint density at radius 3 is 2.48 bits per heavy atom. The zero-order valence-corrected chi connectivity index (χ0v) is 27.6. The molecule has 46 heavy (non-hydrogen) atoms. The number of amides is 1. The number of fused-ring (bicyclic) bond motifs is 4. The molecular weight excluding hydrogens is 628 g/mol. The Kier molecular flexibility index (Phi) is 8.63. The van der Waals surface area contributed by atoms with Crippen LogP contribution in [0, 0.1) is 24.1 Å². The Bertz CT molecular complexity index is 2030. The lowest BCUT2D eigenvalue weighted by Crippen LogP contribution is -2.57. The van der Waals surface area contributed by atoms with Gasteiger partial charge in [-0.1, -0.05) is 29.8 Å². The third-order valence-corrected chi connectivity index (χ3v) is 9.77. The minimum atomic E-state index is -0.512. The van der Waals surface area contributed by atoms with Crippen molar-refractivity contribution in [3.05, 3.63) is 58.6 Å². The molecule has 2 saturated heterocycles. The largest absolute Gasteiger partial charge is 0.353 e. The number of H-pyrrole nitrogens is 1. The average molecular weight is 663 g/mol. The molecule has 2 fully saturated rings. The second-order valence-corrected chi connectivity index (χ2v) is 12.7. The van der Waals surface area contributed by atoms with Gasteiger partial charge in [0.25, 0.3) is 0 Å². The summed E-state index contributed by atoms with van der Waals surface area (Å²) in [5.41, 5.74) is 3.26. The molecule has 7 rings (SSSR count). The van der Waals surface area contributed by atoms with E-state index in [-0.39, 0.29) is 28.1 Å². The van der Waals surface area contributed by atoms with Gasteiger partial charge in [0.05, 0.1) is 45.9 Å². The maximum atomic E-state index is 17.0. The van der Waals surface area contributed by atoms with Gasteiger partial charge in [-0.3, -0.25) is 14.6 Å². The number of pyridine rings is 1. The number of likely N-dealkylation sites (tertiary alicyclic amines) is 1. The Hall–Kier alpha value is -4.24. The highest BCUT2D eigenvalue weighted by Crippen LogP contribution is 2.45. The van der Waals surface area contributed by atoms with Crippen LogP contribution in [0.1, 0.15) is 31.4 Å². The first-order valence-electron chi connectivity index (χ1n) is 15.0. The molecule has 0 radical (unpaired) electrons. The molecule has 1 amide bonds. The zero-order valence-electron chi connectivity index (χ0n) is 26.1. The maximum Gasteiger partial charge on any atom is 0.245 e. The van der Waals surface area contributed by atoms with E-state index in [0.29, 0.717) is 52.0 Å². The molecule has 0 aliphatic carbocycles. The van der Waals surface area contributed by atoms with Gasteiger partial charge in [-0.2, -0.15) is 15.5 Å². The number of nitrogens with one attached hydrogen (secondary N) is 1. The van der Waals surface area contributed by atoms with Crippen molar-refractivity contribution in [2.45, 2.75) is 38.8 Å². The first kappa shape index (κ1) is 31.7. The van der Waals surface area contributed by atoms with Crippen LogP contribution in [-0.2, 0) is 4.79 Å². The third kappa shape index (κ3) is 5.24. The van der Waals surface area contributed by atoms with E-state index in [1.165, 1.54) is 13.0 Å².